The van der Waals surface area contributed by atoms with E-state index < -0.39 is 0 Å². The van der Waals surface area contributed by atoms with E-state index >= 15 is 0 Å². The number of hydrogen-bond donors (Lipinski definition) is 2. The van der Waals surface area contributed by atoms with Crippen molar-refractivity contribution < 1.29 is 19.3 Å². The zero-order valence-corrected chi connectivity index (χ0v) is 10.6. The van der Waals surface area contributed by atoms with Crippen molar-refractivity contribution in [2.45, 2.75) is 6.92 Å². The van der Waals surface area contributed by atoms with Crippen molar-refractivity contribution in [3.05, 3.63) is 0 Å². The summed E-state index contributed by atoms with van der Waals surface area (Å²) in [5.74, 6) is 0. The summed E-state index contributed by atoms with van der Waals surface area (Å²) < 4.78 is 15.5. The Morgan fingerprint density at radius 2 is 1.50 bits per heavy atom. The molecule has 0 unspecified atom stereocenters. The normalized spacial score (nSPS) is 10.4. The molecule has 0 aromatic rings. The van der Waals surface area contributed by atoms with Gasteiger partial charge in [-0.25, -0.2) is 0 Å². The number of aliphatic hydroxyl groups is 1. The van der Waals surface area contributed by atoms with Gasteiger partial charge >= 0.3 is 0 Å². The van der Waals surface area contributed by atoms with E-state index in [0.29, 0.717) is 39.6 Å². The summed E-state index contributed by atoms with van der Waals surface area (Å²) in [5, 5.41) is 11.4. The van der Waals surface area contributed by atoms with Crippen LogP contribution in [0.15, 0.2) is 0 Å². The molecule has 5 nitrogen and oxygen atoms in total. The van der Waals surface area contributed by atoms with Crippen molar-refractivity contribution in [2.75, 3.05) is 52.8 Å². The molecule has 0 aliphatic heterocycles. The Kier molecular flexibility index (Phi) is 12.6. The van der Waals surface area contributed by atoms with Gasteiger partial charge in [0.05, 0.1) is 51.2 Å². The Balaban J connectivity index is 2.90. The minimum Gasteiger partial charge on any atom is -0.394 e. The van der Waals surface area contributed by atoms with E-state index in [0.717, 1.165) is 11.5 Å². The van der Waals surface area contributed by atoms with Crippen molar-refractivity contribution in [3.63, 3.8) is 0 Å². The number of aliphatic hydroxyl groups excluding tert-OH is 1. The lowest BCUT2D eigenvalue weighted by molar-refractivity contribution is 0.00856. The molecule has 0 radical (unpaired) electrons. The van der Waals surface area contributed by atoms with Crippen LogP contribution in [0.1, 0.15) is 6.92 Å². The maximum absolute atomic E-state index is 8.43. The monoisotopic (exact) mass is 251 g/mol. The third kappa shape index (κ3) is 13.7. The van der Waals surface area contributed by atoms with Crippen molar-refractivity contribution >= 4 is 17.2 Å². The highest BCUT2D eigenvalue weighted by atomic mass is 32.1. The fourth-order valence-electron chi connectivity index (χ4n) is 0.906. The standard InChI is InChI=1S/C10H21NO4S/c1-10(16)11-2-4-13-6-8-15-9-7-14-5-3-12/h12H,2-9H2,1H3,(H,11,16). The molecule has 0 amide bonds. The van der Waals surface area contributed by atoms with Crippen LogP contribution < -0.4 is 5.32 Å². The second kappa shape index (κ2) is 12.8. The van der Waals surface area contributed by atoms with Gasteiger partial charge in [0.15, 0.2) is 0 Å². The Labute approximate surface area is 102 Å². The van der Waals surface area contributed by atoms with Gasteiger partial charge in [0.2, 0.25) is 0 Å². The molecule has 0 aromatic heterocycles. The average Bonchev–Trinajstić information content (AvgIpc) is 2.25. The van der Waals surface area contributed by atoms with Gasteiger partial charge in [0.25, 0.3) is 0 Å². The maximum atomic E-state index is 8.43. The Morgan fingerprint density at radius 1 is 1.00 bits per heavy atom. The number of hydrogen-bond acceptors (Lipinski definition) is 5. The highest BCUT2D eigenvalue weighted by Gasteiger charge is 1.91. The second-order valence-electron chi connectivity index (χ2n) is 3.04. The zero-order chi connectivity index (χ0) is 12.1. The molecule has 6 heteroatoms. The largest absolute Gasteiger partial charge is 0.394 e. The Hall–Kier alpha value is -0.270. The van der Waals surface area contributed by atoms with E-state index in [4.69, 9.17) is 31.5 Å². The molecule has 16 heavy (non-hydrogen) atoms. The predicted molar refractivity (Wildman–Crippen MR) is 65.8 cm³/mol. The molecule has 0 aliphatic rings. The van der Waals surface area contributed by atoms with E-state index in [-0.39, 0.29) is 6.61 Å². The SMILES string of the molecule is CC(=S)NCCOCCOCCOCCO. The van der Waals surface area contributed by atoms with Gasteiger partial charge in [-0.3, -0.25) is 0 Å². The molecule has 0 saturated carbocycles. The summed E-state index contributed by atoms with van der Waals surface area (Å²) in [4.78, 5) is 0.779. The number of ether oxygens (including phenoxy) is 3. The topological polar surface area (TPSA) is 60.0 Å². The van der Waals surface area contributed by atoms with E-state index in [9.17, 15) is 0 Å². The van der Waals surface area contributed by atoms with Crippen LogP contribution in [0.5, 0.6) is 0 Å². The molecule has 0 atom stereocenters. The third-order valence-electron chi connectivity index (χ3n) is 1.60. The first-order valence-electron chi connectivity index (χ1n) is 5.36. The highest BCUT2D eigenvalue weighted by molar-refractivity contribution is 7.80. The zero-order valence-electron chi connectivity index (χ0n) is 9.74. The van der Waals surface area contributed by atoms with Crippen LogP contribution >= 0.6 is 12.2 Å². The fraction of sp³-hybridized carbons (Fsp3) is 0.900. The summed E-state index contributed by atoms with van der Waals surface area (Å²) >= 11 is 4.84. The Morgan fingerprint density at radius 3 is 2.00 bits per heavy atom. The first-order chi connectivity index (χ1) is 7.77. The average molecular weight is 251 g/mol. The van der Waals surface area contributed by atoms with E-state index in [1.54, 1.807) is 0 Å². The second-order valence-corrected chi connectivity index (χ2v) is 3.66. The number of nitrogens with one attached hydrogen (secondary N) is 1. The minimum atomic E-state index is 0.0510. The summed E-state index contributed by atoms with van der Waals surface area (Å²) in [6.07, 6.45) is 0. The predicted octanol–water partition coefficient (Wildman–Crippen LogP) is -0.0346. The van der Waals surface area contributed by atoms with Crippen LogP contribution in [-0.4, -0.2) is 62.9 Å². The van der Waals surface area contributed by atoms with Gasteiger partial charge < -0.3 is 24.6 Å². The van der Waals surface area contributed by atoms with Crippen LogP contribution in [0.4, 0.5) is 0 Å². The van der Waals surface area contributed by atoms with Crippen molar-refractivity contribution in [1.29, 1.82) is 0 Å². The van der Waals surface area contributed by atoms with Crippen LogP contribution in [0.3, 0.4) is 0 Å². The van der Waals surface area contributed by atoms with Crippen molar-refractivity contribution in [1.82, 2.24) is 5.32 Å². The molecule has 0 aromatic carbocycles. The molecule has 96 valence electrons. The summed E-state index contributed by atoms with van der Waals surface area (Å²) in [5.41, 5.74) is 0. The highest BCUT2D eigenvalue weighted by Crippen LogP contribution is 1.80. The third-order valence-corrected chi connectivity index (χ3v) is 1.74. The lowest BCUT2D eigenvalue weighted by Gasteiger charge is -2.07. The van der Waals surface area contributed by atoms with Gasteiger partial charge in [-0.1, -0.05) is 12.2 Å². The molecular weight excluding hydrogens is 230 g/mol. The molecule has 0 heterocycles. The molecule has 2 N–H and O–H groups in total. The van der Waals surface area contributed by atoms with Gasteiger partial charge in [-0.15, -0.1) is 0 Å². The van der Waals surface area contributed by atoms with Gasteiger partial charge in [-0.2, -0.15) is 0 Å². The van der Waals surface area contributed by atoms with Crippen LogP contribution in [-0.2, 0) is 14.2 Å². The first-order valence-corrected chi connectivity index (χ1v) is 5.76. The lowest BCUT2D eigenvalue weighted by Crippen LogP contribution is -2.23. The molecule has 0 spiro atoms. The number of rotatable bonds is 11. The maximum Gasteiger partial charge on any atom is 0.0722 e. The molecule has 0 saturated heterocycles. The van der Waals surface area contributed by atoms with E-state index in [1.165, 1.54) is 0 Å². The minimum absolute atomic E-state index is 0.0510. The van der Waals surface area contributed by atoms with Crippen LogP contribution in [0.25, 0.3) is 0 Å². The lowest BCUT2D eigenvalue weighted by atomic mass is 10.6. The van der Waals surface area contributed by atoms with Crippen LogP contribution in [0.2, 0.25) is 0 Å². The number of thiocarbonyl (C=S) groups is 1. The molecular formula is C10H21NO4S. The van der Waals surface area contributed by atoms with Gasteiger partial charge in [-0.05, 0) is 6.92 Å². The van der Waals surface area contributed by atoms with E-state index in [2.05, 4.69) is 5.32 Å². The van der Waals surface area contributed by atoms with Gasteiger partial charge in [0, 0.05) is 6.54 Å². The summed E-state index contributed by atoms with van der Waals surface area (Å²) in [6.45, 7) is 5.76. The van der Waals surface area contributed by atoms with E-state index in [1.807, 2.05) is 6.92 Å². The molecule has 0 rings (SSSR count). The van der Waals surface area contributed by atoms with Crippen molar-refractivity contribution in [2.24, 2.45) is 0 Å². The van der Waals surface area contributed by atoms with Crippen molar-refractivity contribution in [3.8, 4) is 0 Å². The van der Waals surface area contributed by atoms with Gasteiger partial charge in [0.1, 0.15) is 0 Å². The summed E-state index contributed by atoms with van der Waals surface area (Å²) in [7, 11) is 0. The molecule has 0 bridgehead atoms. The van der Waals surface area contributed by atoms with Crippen LogP contribution in [0, 0.1) is 0 Å². The smallest absolute Gasteiger partial charge is 0.0722 e. The Bertz CT molecular complexity index is 169. The summed E-state index contributed by atoms with van der Waals surface area (Å²) in [6, 6.07) is 0. The quantitative estimate of drug-likeness (QED) is 0.397. The fourth-order valence-corrected chi connectivity index (χ4v) is 1.01. The first kappa shape index (κ1) is 15.7. The molecule has 0 fully saturated rings. The molecule has 0 aliphatic carbocycles.